The third-order valence-electron chi connectivity index (χ3n) is 4.43. The second-order valence-corrected chi connectivity index (χ2v) is 5.83. The summed E-state index contributed by atoms with van der Waals surface area (Å²) in [7, 11) is 0. The van der Waals surface area contributed by atoms with Gasteiger partial charge in [0.15, 0.2) is 0 Å². The van der Waals surface area contributed by atoms with Crippen molar-refractivity contribution < 1.29 is 0 Å². The molecule has 0 heterocycles. The maximum Gasteiger partial charge on any atom is 0.0275 e. The monoisotopic (exact) mass is 282 g/mol. The van der Waals surface area contributed by atoms with Crippen LogP contribution in [0.1, 0.15) is 23.5 Å². The zero-order valence-corrected chi connectivity index (χ0v) is 12.4. The molecule has 0 nitrogen and oxygen atoms in total. The van der Waals surface area contributed by atoms with Gasteiger partial charge in [0, 0.05) is 5.92 Å². The average Bonchev–Trinajstić information content (AvgIpc) is 2.91. The van der Waals surface area contributed by atoms with Gasteiger partial charge in [-0.05, 0) is 34.3 Å². The van der Waals surface area contributed by atoms with Crippen molar-refractivity contribution in [1.29, 1.82) is 0 Å². The van der Waals surface area contributed by atoms with Gasteiger partial charge >= 0.3 is 0 Å². The van der Waals surface area contributed by atoms with E-state index < -0.39 is 0 Å². The maximum absolute atomic E-state index is 2.39. The summed E-state index contributed by atoms with van der Waals surface area (Å²) in [4.78, 5) is 0. The van der Waals surface area contributed by atoms with E-state index in [0.29, 0.717) is 5.92 Å². The number of hydrogen-bond donors (Lipinski definition) is 0. The first-order valence-electron chi connectivity index (χ1n) is 7.81. The van der Waals surface area contributed by atoms with E-state index in [0.717, 1.165) is 6.42 Å². The lowest BCUT2D eigenvalue weighted by Crippen LogP contribution is -1.97. The molecule has 0 N–H and O–H groups in total. The smallest absolute Gasteiger partial charge is 0.0275 e. The Bertz CT molecular complexity index is 786. The zero-order valence-electron chi connectivity index (χ0n) is 12.4. The molecule has 2 aromatic carbocycles. The van der Waals surface area contributed by atoms with Crippen molar-refractivity contribution in [3.8, 4) is 0 Å². The van der Waals surface area contributed by atoms with Gasteiger partial charge in [-0.3, -0.25) is 0 Å². The number of rotatable bonds is 2. The summed E-state index contributed by atoms with van der Waals surface area (Å²) in [6.45, 7) is 0. The van der Waals surface area contributed by atoms with E-state index in [2.05, 4.69) is 91.0 Å². The van der Waals surface area contributed by atoms with Gasteiger partial charge in [-0.25, -0.2) is 0 Å². The molecule has 0 saturated heterocycles. The van der Waals surface area contributed by atoms with E-state index in [-0.39, 0.29) is 0 Å². The summed E-state index contributed by atoms with van der Waals surface area (Å²) < 4.78 is 0. The van der Waals surface area contributed by atoms with Crippen molar-refractivity contribution in [3.63, 3.8) is 0 Å². The van der Waals surface area contributed by atoms with Crippen molar-refractivity contribution in [2.24, 2.45) is 0 Å². The van der Waals surface area contributed by atoms with Crippen LogP contribution in [0.25, 0.3) is 5.57 Å². The van der Waals surface area contributed by atoms with Crippen LogP contribution in [0.5, 0.6) is 0 Å². The molecule has 1 atom stereocenters. The summed E-state index contributed by atoms with van der Waals surface area (Å²) >= 11 is 0. The van der Waals surface area contributed by atoms with Gasteiger partial charge in [-0.1, -0.05) is 91.0 Å². The van der Waals surface area contributed by atoms with Crippen LogP contribution in [0.4, 0.5) is 0 Å². The van der Waals surface area contributed by atoms with Gasteiger partial charge in [-0.15, -0.1) is 0 Å². The van der Waals surface area contributed by atoms with E-state index in [9.17, 15) is 0 Å². The highest BCUT2D eigenvalue weighted by Crippen LogP contribution is 2.41. The minimum absolute atomic E-state index is 0.354. The molecule has 4 rings (SSSR count). The molecule has 0 bridgehead atoms. The minimum Gasteiger partial charge on any atom is -0.0726 e. The topological polar surface area (TPSA) is 0 Å². The Morgan fingerprint density at radius 3 is 2.27 bits per heavy atom. The van der Waals surface area contributed by atoms with E-state index in [1.54, 1.807) is 0 Å². The molecule has 1 unspecified atom stereocenters. The first-order chi connectivity index (χ1) is 10.9. The van der Waals surface area contributed by atoms with E-state index >= 15 is 0 Å². The van der Waals surface area contributed by atoms with Gasteiger partial charge in [0.05, 0.1) is 0 Å². The van der Waals surface area contributed by atoms with E-state index in [4.69, 9.17) is 0 Å². The second kappa shape index (κ2) is 5.65. The normalized spacial score (nSPS) is 19.8. The molecule has 0 aromatic heterocycles. The van der Waals surface area contributed by atoms with Crippen molar-refractivity contribution in [1.82, 2.24) is 0 Å². The average molecular weight is 282 g/mol. The predicted octanol–water partition coefficient (Wildman–Crippen LogP) is 5.68. The predicted molar refractivity (Wildman–Crippen MR) is 93.5 cm³/mol. The van der Waals surface area contributed by atoms with E-state index in [1.807, 2.05) is 0 Å². The fourth-order valence-corrected chi connectivity index (χ4v) is 3.32. The van der Waals surface area contributed by atoms with Crippen LogP contribution in [-0.4, -0.2) is 0 Å². The van der Waals surface area contributed by atoms with Gasteiger partial charge in [0.25, 0.3) is 0 Å². The van der Waals surface area contributed by atoms with Crippen LogP contribution in [0.3, 0.4) is 0 Å². The van der Waals surface area contributed by atoms with Gasteiger partial charge in [0.2, 0.25) is 0 Å². The highest BCUT2D eigenvalue weighted by molar-refractivity contribution is 5.77. The first kappa shape index (κ1) is 13.1. The molecule has 0 fully saturated rings. The Morgan fingerprint density at radius 1 is 0.773 bits per heavy atom. The van der Waals surface area contributed by atoms with Crippen molar-refractivity contribution in [2.45, 2.75) is 12.3 Å². The highest BCUT2D eigenvalue weighted by Gasteiger charge is 2.22. The summed E-state index contributed by atoms with van der Waals surface area (Å²) in [5, 5.41) is 0. The molecule has 2 aliphatic rings. The molecule has 0 spiro atoms. The lowest BCUT2D eigenvalue weighted by molar-refractivity contribution is 1.02. The highest BCUT2D eigenvalue weighted by atomic mass is 14.3. The molecule has 0 amide bonds. The van der Waals surface area contributed by atoms with Crippen LogP contribution >= 0.6 is 0 Å². The SMILES string of the molecule is C1=CC2=C(C=C(c3ccccc3)C2)C(c2ccccc2)C=C1. The Hall–Kier alpha value is -2.60. The van der Waals surface area contributed by atoms with Crippen LogP contribution in [-0.2, 0) is 0 Å². The molecule has 2 aliphatic carbocycles. The van der Waals surface area contributed by atoms with Crippen LogP contribution in [0.15, 0.2) is 102 Å². The van der Waals surface area contributed by atoms with Gasteiger partial charge in [-0.2, -0.15) is 0 Å². The first-order valence-corrected chi connectivity index (χ1v) is 7.81. The van der Waals surface area contributed by atoms with Crippen LogP contribution in [0, 0.1) is 0 Å². The molecular weight excluding hydrogens is 264 g/mol. The lowest BCUT2D eigenvalue weighted by Gasteiger charge is -2.14. The molecule has 2 aromatic rings. The lowest BCUT2D eigenvalue weighted by atomic mass is 9.90. The largest absolute Gasteiger partial charge is 0.0726 e. The third-order valence-corrected chi connectivity index (χ3v) is 4.43. The Labute approximate surface area is 131 Å². The molecule has 0 heteroatoms. The van der Waals surface area contributed by atoms with E-state index in [1.165, 1.54) is 27.8 Å². The molecular formula is C22H18. The maximum atomic E-state index is 2.39. The number of benzene rings is 2. The number of allylic oxidation sites excluding steroid dienone is 8. The number of hydrogen-bond acceptors (Lipinski definition) is 0. The Morgan fingerprint density at radius 2 is 1.50 bits per heavy atom. The van der Waals surface area contributed by atoms with Gasteiger partial charge in [0.1, 0.15) is 0 Å². The molecule has 106 valence electrons. The summed E-state index contributed by atoms with van der Waals surface area (Å²) in [6.07, 6.45) is 12.3. The fraction of sp³-hybridized carbons (Fsp3) is 0.0909. The quantitative estimate of drug-likeness (QED) is 0.664. The molecule has 22 heavy (non-hydrogen) atoms. The third kappa shape index (κ3) is 2.37. The van der Waals surface area contributed by atoms with Crippen molar-refractivity contribution >= 4 is 5.57 Å². The molecule has 0 radical (unpaired) electrons. The minimum atomic E-state index is 0.354. The molecule has 0 saturated carbocycles. The standard InChI is InChI=1S/C22H18/c1-3-9-17(10-4-1)20-15-19-13-7-8-14-21(22(19)16-20)18-11-5-2-6-12-18/h1-14,16,21H,15H2. The van der Waals surface area contributed by atoms with Crippen molar-refractivity contribution in [2.75, 3.05) is 0 Å². The van der Waals surface area contributed by atoms with Crippen molar-refractivity contribution in [3.05, 3.63) is 113 Å². The molecule has 0 aliphatic heterocycles. The second-order valence-electron chi connectivity index (χ2n) is 5.83. The summed E-state index contributed by atoms with van der Waals surface area (Å²) in [5.41, 5.74) is 7.00. The van der Waals surface area contributed by atoms with Gasteiger partial charge < -0.3 is 0 Å². The summed E-state index contributed by atoms with van der Waals surface area (Å²) in [5.74, 6) is 0.354. The summed E-state index contributed by atoms with van der Waals surface area (Å²) in [6, 6.07) is 21.5. The van der Waals surface area contributed by atoms with Crippen LogP contribution in [0.2, 0.25) is 0 Å². The Balaban J connectivity index is 1.75. The van der Waals surface area contributed by atoms with Crippen LogP contribution < -0.4 is 0 Å². The Kier molecular flexibility index (Phi) is 3.36. The zero-order chi connectivity index (χ0) is 14.8. The fourth-order valence-electron chi connectivity index (χ4n) is 3.32.